The van der Waals surface area contributed by atoms with Crippen molar-refractivity contribution in [2.24, 2.45) is 0 Å². The maximum atomic E-state index is 13.9. The molecule has 0 fully saturated rings. The lowest BCUT2D eigenvalue weighted by Gasteiger charge is -2.32. The predicted molar refractivity (Wildman–Crippen MR) is 149 cm³/mol. The lowest BCUT2D eigenvalue weighted by atomic mass is 10.1. The molecule has 2 amide bonds. The largest absolute Gasteiger partial charge is 0.495 e. The summed E-state index contributed by atoms with van der Waals surface area (Å²) in [6, 6.07) is 17.5. The third-order valence-corrected chi connectivity index (χ3v) is 8.16. The van der Waals surface area contributed by atoms with Gasteiger partial charge in [0.15, 0.2) is 0 Å². The standard InChI is InChI=1S/C28H32ClN3O5S/c1-19-9-12-24(13-10-19)38(35,36)32(25-15-20(2)11-14-26(25)37-5)18-27(33)31(21(3)28(34)30-4)17-22-7-6-8-23(29)16-22/h6-16,21H,17-18H2,1-5H3,(H,30,34)/t21-/m0/s1. The second-order valence-electron chi connectivity index (χ2n) is 8.94. The maximum Gasteiger partial charge on any atom is 0.264 e. The number of aryl methyl sites for hydroxylation is 2. The van der Waals surface area contributed by atoms with E-state index in [1.807, 2.05) is 13.8 Å². The normalized spacial score (nSPS) is 11.9. The molecule has 0 radical (unpaired) electrons. The Kier molecular flexibility index (Phi) is 9.40. The van der Waals surface area contributed by atoms with E-state index in [2.05, 4.69) is 5.32 Å². The number of hydrogen-bond acceptors (Lipinski definition) is 5. The van der Waals surface area contributed by atoms with Gasteiger partial charge in [-0.15, -0.1) is 0 Å². The van der Waals surface area contributed by atoms with Crippen molar-refractivity contribution in [1.29, 1.82) is 0 Å². The van der Waals surface area contributed by atoms with Gasteiger partial charge in [-0.3, -0.25) is 13.9 Å². The molecule has 0 saturated heterocycles. The Balaban J connectivity index is 2.11. The maximum absolute atomic E-state index is 13.9. The number of carbonyl (C=O) groups is 2. The molecule has 38 heavy (non-hydrogen) atoms. The topological polar surface area (TPSA) is 96.0 Å². The molecule has 10 heteroatoms. The van der Waals surface area contributed by atoms with Crippen LogP contribution in [-0.2, 0) is 26.2 Å². The van der Waals surface area contributed by atoms with Crippen molar-refractivity contribution in [2.75, 3.05) is 25.0 Å². The van der Waals surface area contributed by atoms with Gasteiger partial charge in [-0.05, 0) is 68.3 Å². The number of halogens is 1. The number of anilines is 1. The van der Waals surface area contributed by atoms with E-state index in [1.54, 1.807) is 61.5 Å². The van der Waals surface area contributed by atoms with Crippen LogP contribution in [0.4, 0.5) is 5.69 Å². The Morgan fingerprint density at radius 2 is 1.66 bits per heavy atom. The highest BCUT2D eigenvalue weighted by Crippen LogP contribution is 2.34. The van der Waals surface area contributed by atoms with E-state index in [4.69, 9.17) is 16.3 Å². The molecule has 1 N–H and O–H groups in total. The van der Waals surface area contributed by atoms with Gasteiger partial charge in [0.25, 0.3) is 10.0 Å². The van der Waals surface area contributed by atoms with Crippen LogP contribution in [-0.4, -0.2) is 51.9 Å². The van der Waals surface area contributed by atoms with Gasteiger partial charge in [-0.2, -0.15) is 0 Å². The number of likely N-dealkylation sites (N-methyl/N-ethyl adjacent to an activating group) is 1. The lowest BCUT2D eigenvalue weighted by Crippen LogP contribution is -2.50. The molecule has 0 unspecified atom stereocenters. The number of rotatable bonds is 10. The highest BCUT2D eigenvalue weighted by molar-refractivity contribution is 7.92. The van der Waals surface area contributed by atoms with Crippen LogP contribution < -0.4 is 14.4 Å². The first kappa shape index (κ1) is 29.0. The van der Waals surface area contributed by atoms with Crippen LogP contribution in [0.2, 0.25) is 5.02 Å². The van der Waals surface area contributed by atoms with Crippen LogP contribution in [0.5, 0.6) is 5.75 Å². The molecule has 3 aromatic rings. The molecule has 0 heterocycles. The van der Waals surface area contributed by atoms with Crippen molar-refractivity contribution in [3.05, 3.63) is 88.4 Å². The Labute approximate surface area is 229 Å². The minimum atomic E-state index is -4.20. The van der Waals surface area contributed by atoms with Gasteiger partial charge in [0, 0.05) is 18.6 Å². The van der Waals surface area contributed by atoms with Gasteiger partial charge < -0.3 is 15.0 Å². The minimum Gasteiger partial charge on any atom is -0.495 e. The van der Waals surface area contributed by atoms with E-state index >= 15 is 0 Å². The number of methoxy groups -OCH3 is 1. The van der Waals surface area contributed by atoms with Gasteiger partial charge in [-0.1, -0.05) is 47.5 Å². The molecule has 1 atom stereocenters. The highest BCUT2D eigenvalue weighted by Gasteiger charge is 2.33. The van der Waals surface area contributed by atoms with Crippen LogP contribution in [0.15, 0.2) is 71.6 Å². The van der Waals surface area contributed by atoms with Crippen LogP contribution >= 0.6 is 11.6 Å². The molecule has 0 spiro atoms. The van der Waals surface area contributed by atoms with Gasteiger partial charge in [0.05, 0.1) is 17.7 Å². The second kappa shape index (κ2) is 12.3. The monoisotopic (exact) mass is 557 g/mol. The zero-order chi connectivity index (χ0) is 28.0. The summed E-state index contributed by atoms with van der Waals surface area (Å²) in [6.45, 7) is 4.76. The van der Waals surface area contributed by atoms with E-state index in [9.17, 15) is 18.0 Å². The third-order valence-electron chi connectivity index (χ3n) is 6.15. The summed E-state index contributed by atoms with van der Waals surface area (Å²) in [5.41, 5.74) is 2.60. The van der Waals surface area contributed by atoms with Crippen molar-refractivity contribution in [1.82, 2.24) is 10.2 Å². The Bertz CT molecular complexity index is 1410. The molecule has 8 nitrogen and oxygen atoms in total. The lowest BCUT2D eigenvalue weighted by molar-refractivity contribution is -0.139. The number of nitrogens with one attached hydrogen (secondary N) is 1. The van der Waals surface area contributed by atoms with Crippen molar-refractivity contribution in [2.45, 2.75) is 38.3 Å². The number of benzene rings is 3. The first-order valence-corrected chi connectivity index (χ1v) is 13.8. The molecule has 0 saturated carbocycles. The summed E-state index contributed by atoms with van der Waals surface area (Å²) in [6.07, 6.45) is 0. The zero-order valence-corrected chi connectivity index (χ0v) is 23.6. The number of sulfonamides is 1. The molecule has 3 aromatic carbocycles. The fraction of sp³-hybridized carbons (Fsp3) is 0.286. The van der Waals surface area contributed by atoms with E-state index in [1.165, 1.54) is 31.2 Å². The average molecular weight is 558 g/mol. The van der Waals surface area contributed by atoms with Gasteiger partial charge in [-0.25, -0.2) is 8.42 Å². The van der Waals surface area contributed by atoms with E-state index in [0.29, 0.717) is 16.3 Å². The van der Waals surface area contributed by atoms with Crippen molar-refractivity contribution < 1.29 is 22.7 Å². The van der Waals surface area contributed by atoms with Crippen LogP contribution in [0.1, 0.15) is 23.6 Å². The van der Waals surface area contributed by atoms with Crippen molar-refractivity contribution in [3.63, 3.8) is 0 Å². The molecule has 0 aliphatic rings. The van der Waals surface area contributed by atoms with Crippen LogP contribution in [0, 0.1) is 13.8 Å². The summed E-state index contributed by atoms with van der Waals surface area (Å²) >= 11 is 6.14. The molecule has 0 aliphatic carbocycles. The smallest absolute Gasteiger partial charge is 0.264 e. The summed E-state index contributed by atoms with van der Waals surface area (Å²) in [7, 11) is -1.28. The molecule has 202 valence electrons. The summed E-state index contributed by atoms with van der Waals surface area (Å²) in [5, 5.41) is 3.04. The molecule has 0 aliphatic heterocycles. The Morgan fingerprint density at radius 1 is 1.00 bits per heavy atom. The number of ether oxygens (including phenoxy) is 1. The molecular formula is C28H32ClN3O5S. The highest BCUT2D eigenvalue weighted by atomic mass is 35.5. The minimum absolute atomic E-state index is 0.0280. The summed E-state index contributed by atoms with van der Waals surface area (Å²) < 4.78 is 34.4. The number of hydrogen-bond donors (Lipinski definition) is 1. The fourth-order valence-electron chi connectivity index (χ4n) is 3.97. The number of amides is 2. The molecule has 0 bridgehead atoms. The number of carbonyl (C=O) groups excluding carboxylic acids is 2. The molecule has 3 rings (SSSR count). The fourth-order valence-corrected chi connectivity index (χ4v) is 5.60. The molecule has 0 aromatic heterocycles. The average Bonchev–Trinajstić information content (AvgIpc) is 2.89. The Hall–Kier alpha value is -3.56. The summed E-state index contributed by atoms with van der Waals surface area (Å²) in [5.74, 6) is -0.665. The van der Waals surface area contributed by atoms with E-state index in [-0.39, 0.29) is 23.0 Å². The van der Waals surface area contributed by atoms with Crippen molar-refractivity contribution in [3.8, 4) is 5.75 Å². The SMILES string of the molecule is CNC(=O)[C@H](C)N(Cc1cccc(Cl)c1)C(=O)CN(c1cc(C)ccc1OC)S(=O)(=O)c1ccc(C)cc1. The van der Waals surface area contributed by atoms with Gasteiger partial charge >= 0.3 is 0 Å². The quantitative estimate of drug-likeness (QED) is 0.400. The van der Waals surface area contributed by atoms with Gasteiger partial charge in [0.1, 0.15) is 18.3 Å². The number of nitrogens with zero attached hydrogens (tertiary/aromatic N) is 2. The first-order valence-electron chi connectivity index (χ1n) is 12.0. The summed E-state index contributed by atoms with van der Waals surface area (Å²) in [4.78, 5) is 27.8. The third kappa shape index (κ3) is 6.65. The zero-order valence-electron chi connectivity index (χ0n) is 22.1. The second-order valence-corrected chi connectivity index (χ2v) is 11.2. The van der Waals surface area contributed by atoms with Crippen molar-refractivity contribution >= 4 is 39.1 Å². The van der Waals surface area contributed by atoms with Crippen LogP contribution in [0.3, 0.4) is 0 Å². The van der Waals surface area contributed by atoms with E-state index in [0.717, 1.165) is 15.4 Å². The predicted octanol–water partition coefficient (Wildman–Crippen LogP) is 4.32. The first-order chi connectivity index (χ1) is 18.0. The van der Waals surface area contributed by atoms with Gasteiger partial charge in [0.2, 0.25) is 11.8 Å². The van der Waals surface area contributed by atoms with E-state index < -0.39 is 28.5 Å². The Morgan fingerprint density at radius 3 is 2.26 bits per heavy atom. The van der Waals surface area contributed by atoms with Crippen LogP contribution in [0.25, 0.3) is 0 Å². The molecular weight excluding hydrogens is 526 g/mol.